The molecule has 0 spiro atoms. The molecule has 3 fully saturated rings. The van der Waals surface area contributed by atoms with Gasteiger partial charge in [-0.05, 0) is 107 Å². The summed E-state index contributed by atoms with van der Waals surface area (Å²) in [6, 6.07) is -1.15. The molecule has 16 atom stereocenters. The molecule has 18 heteroatoms. The summed E-state index contributed by atoms with van der Waals surface area (Å²) in [5, 5.41) is 54.0. The van der Waals surface area contributed by atoms with Crippen molar-refractivity contribution in [2.24, 2.45) is 35.5 Å². The molecule has 1 saturated carbocycles. The highest BCUT2D eigenvalue weighted by atomic mass is 16.6. The van der Waals surface area contributed by atoms with Gasteiger partial charge < -0.3 is 68.3 Å². The minimum Gasteiger partial charge on any atom is -0.460 e. The first-order chi connectivity index (χ1) is 36.3. The number of hydrogen-bond donors (Lipinski definition) is 5. The van der Waals surface area contributed by atoms with Crippen molar-refractivity contribution in [1.29, 1.82) is 0 Å². The summed E-state index contributed by atoms with van der Waals surface area (Å²) in [6.07, 6.45) is 10.9. The number of piperidine rings is 1. The molecular weight excluding hydrogens is 983 g/mol. The van der Waals surface area contributed by atoms with E-state index in [1.54, 1.807) is 34.0 Å². The van der Waals surface area contributed by atoms with Gasteiger partial charge in [-0.2, -0.15) is 0 Å². The van der Waals surface area contributed by atoms with Crippen LogP contribution < -0.4 is 0 Å². The molecule has 5 N–H and O–H groups in total. The largest absolute Gasteiger partial charge is 0.460 e. The first-order valence-electron chi connectivity index (χ1n) is 28.0. The maximum Gasteiger partial charge on any atom is 0.329 e. The summed E-state index contributed by atoms with van der Waals surface area (Å²) in [6.45, 7) is 14.2. The zero-order chi connectivity index (χ0) is 56.0. The maximum atomic E-state index is 14.6. The highest BCUT2D eigenvalue weighted by Crippen LogP contribution is 2.38. The van der Waals surface area contributed by atoms with Gasteiger partial charge in [-0.3, -0.25) is 14.4 Å². The molecular formula is C58H95NO17. The average Bonchev–Trinajstić information content (AvgIpc) is 3.40. The molecule has 0 aromatic rings. The van der Waals surface area contributed by atoms with E-state index in [0.717, 1.165) is 18.4 Å². The number of Topliss-reactive ketones (excluding diaryl/α,β-unsaturated/α-hetero) is 2. The first kappa shape index (κ1) is 65.3. The highest BCUT2D eigenvalue weighted by Gasteiger charge is 2.53. The Balaban J connectivity index is 1.69. The van der Waals surface area contributed by atoms with Crippen LogP contribution in [-0.2, 0) is 57.1 Å². The Kier molecular flexibility index (Phi) is 28.7. The Morgan fingerprint density at radius 3 is 2.13 bits per heavy atom. The molecule has 2 bridgehead atoms. The third-order valence-electron chi connectivity index (χ3n) is 15.9. The number of nitrogens with zero attached hydrogens (tertiary/aromatic N) is 1. The highest BCUT2D eigenvalue weighted by molar-refractivity contribution is 6.39. The van der Waals surface area contributed by atoms with Crippen LogP contribution in [0.2, 0.25) is 0 Å². The van der Waals surface area contributed by atoms with E-state index in [1.807, 2.05) is 58.1 Å². The van der Waals surface area contributed by atoms with Gasteiger partial charge in [0.15, 0.2) is 5.78 Å². The molecule has 4 aliphatic rings. The van der Waals surface area contributed by atoms with E-state index in [9.17, 15) is 39.6 Å². The number of methoxy groups -OCH3 is 2. The normalized spacial score (nSPS) is 37.3. The van der Waals surface area contributed by atoms with Crippen LogP contribution in [0.5, 0.6) is 0 Å². The molecule has 1 aliphatic carbocycles. The van der Waals surface area contributed by atoms with Gasteiger partial charge in [0.05, 0.1) is 83.4 Å². The Morgan fingerprint density at radius 1 is 0.763 bits per heavy atom. The summed E-state index contributed by atoms with van der Waals surface area (Å²) < 4.78 is 47.5. The first-order valence-corrected chi connectivity index (χ1v) is 28.0. The van der Waals surface area contributed by atoms with Crippen molar-refractivity contribution in [3.63, 3.8) is 0 Å². The van der Waals surface area contributed by atoms with Gasteiger partial charge >= 0.3 is 5.97 Å². The molecule has 18 nitrogen and oxygen atoms in total. The number of carbonyl (C=O) groups is 4. The molecule has 0 aromatic carbocycles. The Hall–Kier alpha value is -3.24. The maximum absolute atomic E-state index is 14.6. The van der Waals surface area contributed by atoms with Crippen LogP contribution in [0.3, 0.4) is 0 Å². The smallest absolute Gasteiger partial charge is 0.329 e. The molecule has 1 amide bonds. The van der Waals surface area contributed by atoms with Gasteiger partial charge in [-0.1, -0.05) is 71.1 Å². The number of esters is 1. The number of ether oxygens (including phenoxy) is 8. The summed E-state index contributed by atoms with van der Waals surface area (Å²) >= 11 is 0. The zero-order valence-electron chi connectivity index (χ0n) is 47.1. The summed E-state index contributed by atoms with van der Waals surface area (Å²) in [4.78, 5) is 58.7. The van der Waals surface area contributed by atoms with Crippen LogP contribution in [0.25, 0.3) is 0 Å². The molecule has 4 rings (SSSR count). The van der Waals surface area contributed by atoms with Crippen molar-refractivity contribution in [3.8, 4) is 0 Å². The van der Waals surface area contributed by atoms with E-state index in [4.69, 9.17) is 43.0 Å². The zero-order valence-corrected chi connectivity index (χ0v) is 47.1. The fourth-order valence-electron chi connectivity index (χ4n) is 11.2. The number of cyclic esters (lactones) is 1. The number of hydrogen-bond acceptors (Lipinski definition) is 17. The van der Waals surface area contributed by atoms with Crippen molar-refractivity contribution < 1.29 is 82.6 Å². The number of rotatable bonds is 17. The minimum atomic E-state index is -2.49. The summed E-state index contributed by atoms with van der Waals surface area (Å²) in [7, 11) is 3.04. The van der Waals surface area contributed by atoms with Crippen molar-refractivity contribution >= 4 is 23.4 Å². The van der Waals surface area contributed by atoms with Crippen LogP contribution in [0.15, 0.2) is 47.6 Å². The fourth-order valence-corrected chi connectivity index (χ4v) is 11.2. The van der Waals surface area contributed by atoms with Crippen LogP contribution in [-0.4, -0.2) is 188 Å². The topological polar surface area (TPSA) is 247 Å². The van der Waals surface area contributed by atoms with Gasteiger partial charge in [-0.25, -0.2) is 4.79 Å². The Morgan fingerprint density at radius 2 is 1.46 bits per heavy atom. The second-order valence-electron chi connectivity index (χ2n) is 21.9. The van der Waals surface area contributed by atoms with Crippen LogP contribution in [0.4, 0.5) is 0 Å². The van der Waals surface area contributed by atoms with E-state index in [2.05, 4.69) is 0 Å². The predicted octanol–water partition coefficient (Wildman–Crippen LogP) is 5.38. The monoisotopic (exact) mass is 1080 g/mol. The second kappa shape index (κ2) is 33.4. The van der Waals surface area contributed by atoms with Crippen molar-refractivity contribution in [2.75, 3.05) is 73.6 Å². The van der Waals surface area contributed by atoms with E-state index in [1.165, 1.54) is 12.0 Å². The van der Waals surface area contributed by atoms with Crippen molar-refractivity contribution in [1.82, 2.24) is 4.90 Å². The van der Waals surface area contributed by atoms with E-state index < -0.39 is 83.9 Å². The predicted molar refractivity (Wildman–Crippen MR) is 285 cm³/mol. The van der Waals surface area contributed by atoms with Crippen LogP contribution in [0.1, 0.15) is 126 Å². The van der Waals surface area contributed by atoms with E-state index in [-0.39, 0.29) is 101 Å². The van der Waals surface area contributed by atoms with Crippen LogP contribution in [0, 0.1) is 35.5 Å². The molecule has 2 saturated heterocycles. The minimum absolute atomic E-state index is 0.000632. The molecule has 3 heterocycles. The average molecular weight is 1080 g/mol. The van der Waals surface area contributed by atoms with E-state index in [0.29, 0.717) is 63.7 Å². The number of amides is 1. The molecule has 434 valence electrons. The fraction of sp³-hybridized carbons (Fsp3) is 0.793. The third kappa shape index (κ3) is 19.5. The number of carbonyl (C=O) groups excluding carboxylic acids is 4. The van der Waals surface area contributed by atoms with Gasteiger partial charge in [0.25, 0.3) is 11.7 Å². The molecule has 0 aromatic heterocycles. The molecule has 3 aliphatic heterocycles. The van der Waals surface area contributed by atoms with Gasteiger partial charge in [0.1, 0.15) is 24.4 Å². The lowest BCUT2D eigenvalue weighted by Gasteiger charge is -2.43. The lowest BCUT2D eigenvalue weighted by molar-refractivity contribution is -0.266. The Bertz CT molecular complexity index is 1910. The number of aliphatic hydroxyl groups excluding tert-OH is 4. The van der Waals surface area contributed by atoms with Gasteiger partial charge in [0.2, 0.25) is 5.79 Å². The third-order valence-corrected chi connectivity index (χ3v) is 15.9. The van der Waals surface area contributed by atoms with Crippen molar-refractivity contribution in [2.45, 2.75) is 186 Å². The van der Waals surface area contributed by atoms with Crippen LogP contribution >= 0.6 is 0 Å². The Labute approximate surface area is 452 Å². The number of aliphatic hydroxyl groups is 5. The summed E-state index contributed by atoms with van der Waals surface area (Å²) in [5.74, 6) is -7.60. The second-order valence-corrected chi connectivity index (χ2v) is 21.9. The standard InChI is InChI=1S/C58H95NO17/c1-37-15-11-10-12-16-38(2)49(74-30-28-72-26-24-61)35-45-20-18-43(7)58(68,76-45)55(65)56(66)59-22-14-13-17-46(59)57(67)75-50(36-47(62)39(3)32-42(6)53(64)54(70-9)52(63)41(5)31-37)40(4)33-44-19-21-48(51(34-44)69-8)73-29-27-71-25-23-60/h10-12,15-16,32,37,39-41,43-51,53-54,60-62,64,68H,13-14,17-31,33-36H2,1-9H3/b12-10+,15-11+,38-16+,42-32+/t37-,39-,40-,41-,43-,44+,45+,46+,47?,48-,49-,50+,51-,53-,54+,58-/m1/s1. The van der Waals surface area contributed by atoms with Gasteiger partial charge in [0, 0.05) is 51.4 Å². The molecule has 76 heavy (non-hydrogen) atoms. The van der Waals surface area contributed by atoms with E-state index >= 15 is 0 Å². The summed E-state index contributed by atoms with van der Waals surface area (Å²) in [5.41, 5.74) is 1.26. The van der Waals surface area contributed by atoms with Gasteiger partial charge in [-0.15, -0.1) is 0 Å². The quantitative estimate of drug-likeness (QED) is 0.0531. The molecule has 1 unspecified atom stereocenters. The lowest BCUT2D eigenvalue weighted by Crippen LogP contribution is -2.61. The van der Waals surface area contributed by atoms with Crippen molar-refractivity contribution in [3.05, 3.63) is 47.6 Å². The lowest BCUT2D eigenvalue weighted by atomic mass is 9.78. The molecule has 0 radical (unpaired) electrons. The number of allylic oxidation sites excluding steroid dienone is 5. The number of ketones is 2. The SMILES string of the molecule is CO[C@@H]1C[C@H](C[C@@H](C)[C@@H]2CC(O)[C@H](C)/C=C(\C)[C@@H](O)[C@@H](OC)C(=O)[C@H](C)C[C@H](C)/C=C/C=C/C=C(\C)[C@H](OCCOCCO)C[C@@H]3CC[C@@H](C)[C@@](O)(O3)C(=O)C(=O)N3CCCC[C@H]3C(=O)O2)CC[C@H]1OCCOCCO. The number of fused-ring (bicyclic) bond motifs is 3.